The van der Waals surface area contributed by atoms with E-state index >= 15 is 0 Å². The SMILES string of the molecule is NC(=O)CO[C@@H]1CO[C@H]2[C@@H]1OC[C@@H]2NCCCc1ccccc1. The van der Waals surface area contributed by atoms with Crippen LogP contribution in [-0.4, -0.2) is 56.6 Å². The number of benzene rings is 1. The fourth-order valence-electron chi connectivity index (χ4n) is 3.20. The Hall–Kier alpha value is -1.47. The van der Waals surface area contributed by atoms with Crippen molar-refractivity contribution in [2.24, 2.45) is 5.73 Å². The van der Waals surface area contributed by atoms with Crippen LogP contribution in [0.1, 0.15) is 12.0 Å². The molecule has 2 fully saturated rings. The lowest BCUT2D eigenvalue weighted by Crippen LogP contribution is -2.42. The smallest absolute Gasteiger partial charge is 0.243 e. The standard InChI is InChI=1S/C17H24N2O4/c18-15(20)11-21-14-10-23-16-13(9-22-17(14)16)19-8-4-7-12-5-2-1-3-6-12/h1-3,5-6,13-14,16-17,19H,4,7-11H2,(H2,18,20)/t13-,14+,16+,17+/m0/s1. The molecule has 0 aliphatic carbocycles. The van der Waals surface area contributed by atoms with Crippen LogP contribution in [0, 0.1) is 0 Å². The number of aryl methyl sites for hydroxylation is 1. The molecule has 2 aliphatic heterocycles. The largest absolute Gasteiger partial charge is 0.371 e. The zero-order chi connectivity index (χ0) is 16.1. The van der Waals surface area contributed by atoms with Gasteiger partial charge in [0.1, 0.15) is 24.9 Å². The number of carbonyl (C=O) groups is 1. The van der Waals surface area contributed by atoms with E-state index in [2.05, 4.69) is 29.6 Å². The second-order valence-electron chi connectivity index (χ2n) is 6.06. The van der Waals surface area contributed by atoms with Gasteiger partial charge in [0, 0.05) is 0 Å². The van der Waals surface area contributed by atoms with E-state index in [4.69, 9.17) is 19.9 Å². The minimum atomic E-state index is -0.470. The molecule has 1 aromatic rings. The van der Waals surface area contributed by atoms with Gasteiger partial charge in [0.25, 0.3) is 0 Å². The first kappa shape index (κ1) is 16.4. The molecule has 1 aromatic carbocycles. The molecule has 6 heteroatoms. The fourth-order valence-corrected chi connectivity index (χ4v) is 3.20. The number of nitrogens with two attached hydrogens (primary N) is 1. The van der Waals surface area contributed by atoms with E-state index in [9.17, 15) is 4.79 Å². The number of carbonyl (C=O) groups excluding carboxylic acids is 1. The number of primary amides is 1. The maximum Gasteiger partial charge on any atom is 0.243 e. The van der Waals surface area contributed by atoms with Gasteiger partial charge in [-0.1, -0.05) is 30.3 Å². The highest BCUT2D eigenvalue weighted by atomic mass is 16.6. The zero-order valence-electron chi connectivity index (χ0n) is 13.1. The summed E-state index contributed by atoms with van der Waals surface area (Å²) in [5, 5.41) is 3.51. The molecule has 126 valence electrons. The van der Waals surface area contributed by atoms with Gasteiger partial charge < -0.3 is 25.3 Å². The van der Waals surface area contributed by atoms with Crippen LogP contribution in [0.3, 0.4) is 0 Å². The van der Waals surface area contributed by atoms with E-state index in [1.54, 1.807) is 0 Å². The molecule has 2 saturated heterocycles. The van der Waals surface area contributed by atoms with Crippen LogP contribution in [0.4, 0.5) is 0 Å². The quantitative estimate of drug-likeness (QED) is 0.671. The second-order valence-corrected chi connectivity index (χ2v) is 6.06. The zero-order valence-corrected chi connectivity index (χ0v) is 13.1. The molecule has 0 radical (unpaired) electrons. The van der Waals surface area contributed by atoms with Crippen molar-refractivity contribution >= 4 is 5.91 Å². The Bertz CT molecular complexity index is 511. The van der Waals surface area contributed by atoms with Gasteiger partial charge in [-0.25, -0.2) is 0 Å². The molecular weight excluding hydrogens is 296 g/mol. The molecule has 3 rings (SSSR count). The lowest BCUT2D eigenvalue weighted by atomic mass is 10.1. The summed E-state index contributed by atoms with van der Waals surface area (Å²) < 4.78 is 17.0. The predicted molar refractivity (Wildman–Crippen MR) is 85.0 cm³/mol. The molecule has 0 spiro atoms. The number of fused-ring (bicyclic) bond motifs is 1. The number of nitrogens with one attached hydrogen (secondary N) is 1. The monoisotopic (exact) mass is 320 g/mol. The third-order valence-electron chi connectivity index (χ3n) is 4.34. The van der Waals surface area contributed by atoms with Crippen LogP contribution in [0.15, 0.2) is 30.3 Å². The van der Waals surface area contributed by atoms with Crippen molar-refractivity contribution in [2.45, 2.75) is 37.2 Å². The van der Waals surface area contributed by atoms with Gasteiger partial charge in [0.15, 0.2) is 0 Å². The van der Waals surface area contributed by atoms with Crippen molar-refractivity contribution in [3.8, 4) is 0 Å². The Labute approximate surface area is 136 Å². The van der Waals surface area contributed by atoms with Crippen LogP contribution in [0.25, 0.3) is 0 Å². The Kier molecular flexibility index (Phi) is 5.61. The van der Waals surface area contributed by atoms with Crippen LogP contribution in [0.5, 0.6) is 0 Å². The first-order valence-electron chi connectivity index (χ1n) is 8.14. The van der Waals surface area contributed by atoms with Crippen LogP contribution >= 0.6 is 0 Å². The van der Waals surface area contributed by atoms with Gasteiger partial charge >= 0.3 is 0 Å². The molecule has 0 aromatic heterocycles. The molecule has 3 N–H and O–H groups in total. The normalized spacial score (nSPS) is 29.6. The lowest BCUT2D eigenvalue weighted by molar-refractivity contribution is -0.126. The maximum atomic E-state index is 10.8. The van der Waals surface area contributed by atoms with Crippen LogP contribution in [-0.2, 0) is 25.4 Å². The fraction of sp³-hybridized carbons (Fsp3) is 0.588. The topological polar surface area (TPSA) is 82.8 Å². The Morgan fingerprint density at radius 2 is 2.00 bits per heavy atom. The number of hydrogen-bond donors (Lipinski definition) is 2. The van der Waals surface area contributed by atoms with E-state index in [1.165, 1.54) is 5.56 Å². The van der Waals surface area contributed by atoms with E-state index in [0.29, 0.717) is 13.2 Å². The predicted octanol–water partition coefficient (Wildman–Crippen LogP) is 0.246. The van der Waals surface area contributed by atoms with Gasteiger partial charge in [-0.3, -0.25) is 4.79 Å². The molecule has 0 saturated carbocycles. The van der Waals surface area contributed by atoms with Gasteiger partial charge in [0.2, 0.25) is 5.91 Å². The summed E-state index contributed by atoms with van der Waals surface area (Å²) >= 11 is 0. The van der Waals surface area contributed by atoms with E-state index < -0.39 is 5.91 Å². The molecular formula is C17H24N2O4. The molecule has 4 atom stereocenters. The summed E-state index contributed by atoms with van der Waals surface area (Å²) in [6, 6.07) is 10.6. The van der Waals surface area contributed by atoms with E-state index in [-0.39, 0.29) is 31.0 Å². The Morgan fingerprint density at radius 3 is 2.78 bits per heavy atom. The van der Waals surface area contributed by atoms with Crippen molar-refractivity contribution < 1.29 is 19.0 Å². The minimum Gasteiger partial charge on any atom is -0.371 e. The van der Waals surface area contributed by atoms with Crippen molar-refractivity contribution in [3.63, 3.8) is 0 Å². The van der Waals surface area contributed by atoms with Crippen LogP contribution < -0.4 is 11.1 Å². The highest BCUT2D eigenvalue weighted by Gasteiger charge is 2.48. The highest BCUT2D eigenvalue weighted by Crippen LogP contribution is 2.28. The van der Waals surface area contributed by atoms with Crippen molar-refractivity contribution in [3.05, 3.63) is 35.9 Å². The summed E-state index contributed by atoms with van der Waals surface area (Å²) in [5.74, 6) is -0.470. The van der Waals surface area contributed by atoms with E-state index in [1.807, 2.05) is 6.07 Å². The maximum absolute atomic E-state index is 10.8. The molecule has 6 nitrogen and oxygen atoms in total. The Balaban J connectivity index is 1.38. The average molecular weight is 320 g/mol. The van der Waals surface area contributed by atoms with Gasteiger partial charge in [-0.2, -0.15) is 0 Å². The highest BCUT2D eigenvalue weighted by molar-refractivity contribution is 5.75. The first-order valence-corrected chi connectivity index (χ1v) is 8.14. The molecule has 0 unspecified atom stereocenters. The lowest BCUT2D eigenvalue weighted by Gasteiger charge is -2.17. The summed E-state index contributed by atoms with van der Waals surface area (Å²) in [5.41, 5.74) is 6.46. The first-order chi connectivity index (χ1) is 11.2. The second kappa shape index (κ2) is 7.88. The number of rotatable bonds is 8. The van der Waals surface area contributed by atoms with Crippen molar-refractivity contribution in [2.75, 3.05) is 26.4 Å². The molecule has 2 aliphatic rings. The number of ether oxygens (including phenoxy) is 3. The third kappa shape index (κ3) is 4.29. The average Bonchev–Trinajstić information content (AvgIpc) is 3.13. The number of amides is 1. The number of hydrogen-bond acceptors (Lipinski definition) is 5. The molecule has 23 heavy (non-hydrogen) atoms. The van der Waals surface area contributed by atoms with Gasteiger partial charge in [0.05, 0.1) is 19.3 Å². The molecule has 1 amide bonds. The summed E-state index contributed by atoms with van der Waals surface area (Å²) in [6.07, 6.45) is 1.80. The van der Waals surface area contributed by atoms with Crippen LogP contribution in [0.2, 0.25) is 0 Å². The van der Waals surface area contributed by atoms with Gasteiger partial charge in [-0.05, 0) is 24.9 Å². The van der Waals surface area contributed by atoms with Crippen molar-refractivity contribution in [1.29, 1.82) is 0 Å². The summed E-state index contributed by atoms with van der Waals surface area (Å²) in [4.78, 5) is 10.8. The third-order valence-corrected chi connectivity index (χ3v) is 4.34. The minimum absolute atomic E-state index is 0.00963. The molecule has 0 bridgehead atoms. The summed E-state index contributed by atoms with van der Waals surface area (Å²) in [6.45, 7) is 1.89. The van der Waals surface area contributed by atoms with Crippen molar-refractivity contribution in [1.82, 2.24) is 5.32 Å². The summed E-state index contributed by atoms with van der Waals surface area (Å²) in [7, 11) is 0. The van der Waals surface area contributed by atoms with E-state index in [0.717, 1.165) is 19.4 Å². The van der Waals surface area contributed by atoms with Gasteiger partial charge in [-0.15, -0.1) is 0 Å². The Morgan fingerprint density at radius 1 is 1.22 bits per heavy atom. The molecule has 2 heterocycles.